The van der Waals surface area contributed by atoms with E-state index in [4.69, 9.17) is 0 Å². The van der Waals surface area contributed by atoms with Gasteiger partial charge in [-0.25, -0.2) is 0 Å². The van der Waals surface area contributed by atoms with Crippen LogP contribution in [-0.4, -0.2) is 4.98 Å². The third-order valence-electron chi connectivity index (χ3n) is 0.865. The number of nitrogens with one attached hydrogen (secondary N) is 1. The van der Waals surface area contributed by atoms with Crippen LogP contribution >= 0.6 is 30.1 Å². The van der Waals surface area contributed by atoms with Crippen molar-refractivity contribution in [2.45, 2.75) is 4.90 Å². The Kier molecular flexibility index (Phi) is 2.59. The predicted octanol–water partition coefficient (Wildman–Crippen LogP) is 1.82. The van der Waals surface area contributed by atoms with Gasteiger partial charge in [0.1, 0.15) is 0 Å². The zero-order chi connectivity index (χ0) is 6.69. The molecule has 1 heterocycles. The monoisotopic (exact) mass is 253 g/mol. The fourth-order valence-corrected chi connectivity index (χ4v) is 1.77. The molecule has 0 radical (unpaired) electrons. The van der Waals surface area contributed by atoms with Crippen molar-refractivity contribution in [1.82, 2.24) is 4.98 Å². The average molecular weight is 253 g/mol. The molecule has 4 heteroatoms. The molecular formula is C5H4INOS. The van der Waals surface area contributed by atoms with Crippen molar-refractivity contribution in [3.63, 3.8) is 0 Å². The standard InChI is InChI=1S/C5H4INOS/c6-9-4-2-1-3-7-5(4)8/h1-3H,(H,7,8). The van der Waals surface area contributed by atoms with E-state index in [9.17, 15) is 4.79 Å². The summed E-state index contributed by atoms with van der Waals surface area (Å²) >= 11 is 2.08. The summed E-state index contributed by atoms with van der Waals surface area (Å²) in [6, 6.07) is 3.60. The molecule has 1 aromatic heterocycles. The summed E-state index contributed by atoms with van der Waals surface area (Å²) in [6.07, 6.45) is 1.62. The Balaban J connectivity index is 3.16. The average Bonchev–Trinajstić information content (AvgIpc) is 1.89. The number of pyridine rings is 1. The number of rotatable bonds is 1. The van der Waals surface area contributed by atoms with Gasteiger partial charge in [-0.1, -0.05) is 0 Å². The molecule has 0 bridgehead atoms. The zero-order valence-electron chi connectivity index (χ0n) is 4.43. The highest BCUT2D eigenvalue weighted by Crippen LogP contribution is 2.19. The van der Waals surface area contributed by atoms with Crippen LogP contribution in [0.3, 0.4) is 0 Å². The number of aromatic amines is 1. The Morgan fingerprint density at radius 1 is 1.67 bits per heavy atom. The number of H-pyrrole nitrogens is 1. The molecule has 0 aliphatic heterocycles. The highest BCUT2D eigenvalue weighted by molar-refractivity contribution is 14.2. The van der Waals surface area contributed by atoms with Gasteiger partial charge in [0.05, 0.1) is 4.90 Å². The Morgan fingerprint density at radius 3 is 2.89 bits per heavy atom. The third kappa shape index (κ3) is 1.72. The molecule has 1 aromatic rings. The van der Waals surface area contributed by atoms with Gasteiger partial charge in [0.15, 0.2) is 0 Å². The Hall–Kier alpha value is 0.0300. The minimum absolute atomic E-state index is 0.0168. The number of halogens is 1. The first kappa shape index (κ1) is 7.14. The molecule has 1 rings (SSSR count). The van der Waals surface area contributed by atoms with Crippen LogP contribution in [0.1, 0.15) is 0 Å². The SMILES string of the molecule is O=c1[nH]cccc1SI. The topological polar surface area (TPSA) is 32.9 Å². The summed E-state index contributed by atoms with van der Waals surface area (Å²) in [6.45, 7) is 0. The van der Waals surface area contributed by atoms with Crippen LogP contribution in [0.2, 0.25) is 0 Å². The molecule has 0 atom stereocenters. The first-order valence-electron chi connectivity index (χ1n) is 2.31. The van der Waals surface area contributed by atoms with Gasteiger partial charge in [-0.2, -0.15) is 0 Å². The quantitative estimate of drug-likeness (QED) is 0.774. The van der Waals surface area contributed by atoms with Crippen LogP contribution in [0.4, 0.5) is 0 Å². The molecule has 0 aromatic carbocycles. The van der Waals surface area contributed by atoms with Crippen LogP contribution in [0.25, 0.3) is 0 Å². The fourth-order valence-electron chi connectivity index (χ4n) is 0.467. The van der Waals surface area contributed by atoms with E-state index in [1.165, 1.54) is 8.93 Å². The summed E-state index contributed by atoms with van der Waals surface area (Å²) in [4.78, 5) is 14.1. The maximum absolute atomic E-state index is 10.8. The number of aromatic nitrogens is 1. The van der Waals surface area contributed by atoms with Gasteiger partial charge < -0.3 is 4.98 Å². The van der Waals surface area contributed by atoms with Gasteiger partial charge in [0.25, 0.3) is 5.56 Å². The molecule has 2 nitrogen and oxygen atoms in total. The van der Waals surface area contributed by atoms with E-state index in [1.807, 2.05) is 6.07 Å². The van der Waals surface area contributed by atoms with Gasteiger partial charge in [0, 0.05) is 27.4 Å². The zero-order valence-corrected chi connectivity index (χ0v) is 7.40. The summed E-state index contributed by atoms with van der Waals surface area (Å²) < 4.78 is 0. The van der Waals surface area contributed by atoms with Crippen molar-refractivity contribution < 1.29 is 0 Å². The molecule has 0 aliphatic carbocycles. The van der Waals surface area contributed by atoms with Crippen LogP contribution in [0.5, 0.6) is 0 Å². The second-order valence-corrected chi connectivity index (χ2v) is 3.36. The van der Waals surface area contributed by atoms with Crippen LogP contribution in [0.15, 0.2) is 28.0 Å². The molecule has 0 saturated carbocycles. The van der Waals surface area contributed by atoms with Crippen LogP contribution in [-0.2, 0) is 0 Å². The van der Waals surface area contributed by atoms with Gasteiger partial charge in [-0.05, 0) is 21.1 Å². The van der Waals surface area contributed by atoms with E-state index in [1.54, 1.807) is 12.3 Å². The lowest BCUT2D eigenvalue weighted by Crippen LogP contribution is -2.04. The van der Waals surface area contributed by atoms with E-state index in [0.717, 1.165) is 4.90 Å². The number of hydrogen-bond donors (Lipinski definition) is 1. The van der Waals surface area contributed by atoms with Crippen molar-refractivity contribution in [3.05, 3.63) is 28.7 Å². The lowest BCUT2D eigenvalue weighted by molar-refractivity contribution is 1.15. The van der Waals surface area contributed by atoms with Crippen molar-refractivity contribution >= 4 is 30.1 Å². The van der Waals surface area contributed by atoms with Crippen molar-refractivity contribution in [3.8, 4) is 0 Å². The second kappa shape index (κ2) is 3.26. The Labute approximate surface area is 68.6 Å². The normalized spacial score (nSPS) is 9.44. The minimum atomic E-state index is -0.0168. The van der Waals surface area contributed by atoms with Gasteiger partial charge >= 0.3 is 0 Å². The maximum atomic E-state index is 10.8. The second-order valence-electron chi connectivity index (χ2n) is 1.44. The highest BCUT2D eigenvalue weighted by atomic mass is 127. The molecule has 9 heavy (non-hydrogen) atoms. The molecule has 0 spiro atoms. The summed E-state index contributed by atoms with van der Waals surface area (Å²) in [5.74, 6) is 0. The largest absolute Gasteiger partial charge is 0.328 e. The van der Waals surface area contributed by atoms with Gasteiger partial charge in [-0.15, -0.1) is 0 Å². The number of hydrogen-bond acceptors (Lipinski definition) is 2. The lowest BCUT2D eigenvalue weighted by Gasteiger charge is -1.87. The van der Waals surface area contributed by atoms with E-state index < -0.39 is 0 Å². The molecule has 48 valence electrons. The van der Waals surface area contributed by atoms with Crippen LogP contribution < -0.4 is 5.56 Å². The van der Waals surface area contributed by atoms with Crippen molar-refractivity contribution in [1.29, 1.82) is 0 Å². The van der Waals surface area contributed by atoms with Gasteiger partial charge in [0.2, 0.25) is 0 Å². The fraction of sp³-hybridized carbons (Fsp3) is 0. The first-order chi connectivity index (χ1) is 4.34. The van der Waals surface area contributed by atoms with E-state index in [-0.39, 0.29) is 5.56 Å². The first-order valence-corrected chi connectivity index (χ1v) is 5.67. The van der Waals surface area contributed by atoms with Crippen molar-refractivity contribution in [2.24, 2.45) is 0 Å². The molecule has 0 unspecified atom stereocenters. The van der Waals surface area contributed by atoms with Gasteiger partial charge in [-0.3, -0.25) is 4.79 Å². The molecule has 0 fully saturated rings. The molecular weight excluding hydrogens is 249 g/mol. The lowest BCUT2D eigenvalue weighted by atomic mass is 10.5. The Bertz CT molecular complexity index is 247. The van der Waals surface area contributed by atoms with Crippen LogP contribution in [0, 0.1) is 0 Å². The molecule has 0 aliphatic rings. The molecule has 0 saturated heterocycles. The summed E-state index contributed by atoms with van der Waals surface area (Å²) in [5, 5.41) is 0. The predicted molar refractivity (Wildman–Crippen MR) is 46.9 cm³/mol. The smallest absolute Gasteiger partial charge is 0.262 e. The van der Waals surface area contributed by atoms with E-state index in [2.05, 4.69) is 26.2 Å². The minimum Gasteiger partial charge on any atom is -0.328 e. The summed E-state index contributed by atoms with van der Waals surface area (Å²) in [5.41, 5.74) is -0.0168. The molecule has 1 N–H and O–H groups in total. The van der Waals surface area contributed by atoms with Crippen molar-refractivity contribution in [2.75, 3.05) is 0 Å². The van der Waals surface area contributed by atoms with E-state index >= 15 is 0 Å². The Morgan fingerprint density at radius 2 is 2.44 bits per heavy atom. The molecule has 0 amide bonds. The van der Waals surface area contributed by atoms with E-state index in [0.29, 0.717) is 0 Å². The highest BCUT2D eigenvalue weighted by Gasteiger charge is 1.92. The maximum Gasteiger partial charge on any atom is 0.262 e. The summed E-state index contributed by atoms with van der Waals surface area (Å²) in [7, 11) is 1.42. The third-order valence-corrected chi connectivity index (χ3v) is 2.78.